The highest BCUT2D eigenvalue weighted by Crippen LogP contribution is 2.36. The molecule has 0 saturated heterocycles. The number of furan rings is 1. The van der Waals surface area contributed by atoms with E-state index in [4.69, 9.17) is 16.0 Å². The predicted octanol–water partition coefficient (Wildman–Crippen LogP) is 5.68. The number of rotatable bonds is 3. The third-order valence-electron chi connectivity index (χ3n) is 3.55. The molecule has 0 radical (unpaired) electrons. The first-order valence-corrected chi connectivity index (χ1v) is 9.15. The summed E-state index contributed by atoms with van der Waals surface area (Å²) in [5, 5.41) is 5.48. The Morgan fingerprint density at radius 3 is 2.75 bits per heavy atom. The van der Waals surface area contributed by atoms with Crippen LogP contribution >= 0.6 is 38.9 Å². The highest BCUT2D eigenvalue weighted by molar-refractivity contribution is 9.10. The van der Waals surface area contributed by atoms with Gasteiger partial charge >= 0.3 is 0 Å². The van der Waals surface area contributed by atoms with Gasteiger partial charge < -0.3 is 4.42 Å². The van der Waals surface area contributed by atoms with Crippen LogP contribution in [0.25, 0.3) is 10.1 Å². The highest BCUT2D eigenvalue weighted by Gasteiger charge is 2.17. The highest BCUT2D eigenvalue weighted by atomic mass is 79.9. The quantitative estimate of drug-likeness (QED) is 0.433. The zero-order valence-corrected chi connectivity index (χ0v) is 16.4. The van der Waals surface area contributed by atoms with Crippen LogP contribution in [0, 0.1) is 13.8 Å². The Labute approximate surface area is 156 Å². The van der Waals surface area contributed by atoms with Gasteiger partial charge in [0.05, 0.1) is 10.7 Å². The maximum absolute atomic E-state index is 12.4. The number of nitrogens with zero attached hydrogens (tertiary/aromatic N) is 1. The maximum Gasteiger partial charge on any atom is 0.283 e. The second-order valence-electron chi connectivity index (χ2n) is 5.35. The van der Waals surface area contributed by atoms with Crippen LogP contribution in [0.15, 0.2) is 38.3 Å². The number of amides is 1. The van der Waals surface area contributed by atoms with Crippen LogP contribution in [-0.4, -0.2) is 11.6 Å². The molecule has 0 aliphatic carbocycles. The molecule has 1 N–H and O–H groups in total. The van der Waals surface area contributed by atoms with Gasteiger partial charge in [-0.2, -0.15) is 5.10 Å². The minimum atomic E-state index is -0.324. The smallest absolute Gasteiger partial charge is 0.283 e. The predicted molar refractivity (Wildman–Crippen MR) is 102 cm³/mol. The summed E-state index contributed by atoms with van der Waals surface area (Å²) >= 11 is 11.1. The lowest BCUT2D eigenvalue weighted by Crippen LogP contribution is -2.18. The van der Waals surface area contributed by atoms with Crippen molar-refractivity contribution in [1.82, 2.24) is 5.43 Å². The fourth-order valence-corrected chi connectivity index (χ4v) is 4.38. The molecule has 0 atom stereocenters. The summed E-state index contributed by atoms with van der Waals surface area (Å²) in [7, 11) is 0. The van der Waals surface area contributed by atoms with Crippen molar-refractivity contribution in [2.24, 2.45) is 5.10 Å². The lowest BCUT2D eigenvalue weighted by atomic mass is 10.2. The lowest BCUT2D eigenvalue weighted by molar-refractivity contribution is 0.0959. The van der Waals surface area contributed by atoms with Gasteiger partial charge in [0.15, 0.2) is 0 Å². The molecule has 1 aromatic carbocycles. The number of hydrazone groups is 1. The van der Waals surface area contributed by atoms with Crippen LogP contribution in [0.2, 0.25) is 5.02 Å². The van der Waals surface area contributed by atoms with Crippen molar-refractivity contribution in [2.75, 3.05) is 0 Å². The number of hydrogen-bond acceptors (Lipinski definition) is 4. The molecule has 24 heavy (non-hydrogen) atoms. The second kappa shape index (κ2) is 6.70. The summed E-state index contributed by atoms with van der Waals surface area (Å²) in [4.78, 5) is 12.9. The zero-order chi connectivity index (χ0) is 17.4. The molecule has 2 aromatic heterocycles. The van der Waals surface area contributed by atoms with E-state index in [1.165, 1.54) is 11.3 Å². The first kappa shape index (κ1) is 17.2. The standard InChI is InChI=1S/C17H14BrClN2O2S/c1-8-6-13(10(3)23-8)9(2)20-21-17(22)16-15(19)12-5-4-11(18)7-14(12)24-16/h4-7H,1-3H3,(H,21,22)/b20-9+. The molecular formula is C17H14BrClN2O2S. The third kappa shape index (κ3) is 3.27. The summed E-state index contributed by atoms with van der Waals surface area (Å²) in [5.41, 5.74) is 4.12. The largest absolute Gasteiger partial charge is 0.466 e. The molecule has 0 saturated carbocycles. The van der Waals surface area contributed by atoms with Gasteiger partial charge in [0.2, 0.25) is 0 Å². The van der Waals surface area contributed by atoms with Crippen LogP contribution in [0.4, 0.5) is 0 Å². The number of hydrogen-bond donors (Lipinski definition) is 1. The fraction of sp³-hybridized carbons (Fsp3) is 0.176. The minimum Gasteiger partial charge on any atom is -0.466 e. The Kier molecular flexibility index (Phi) is 4.80. The zero-order valence-electron chi connectivity index (χ0n) is 13.2. The molecule has 0 aliphatic rings. The Hall–Kier alpha value is -1.63. The van der Waals surface area contributed by atoms with Gasteiger partial charge in [0.1, 0.15) is 16.4 Å². The number of thiophene rings is 1. The lowest BCUT2D eigenvalue weighted by Gasteiger charge is -2.01. The number of fused-ring (bicyclic) bond motifs is 1. The molecule has 124 valence electrons. The average Bonchev–Trinajstić information content (AvgIpc) is 3.04. The van der Waals surface area contributed by atoms with Gasteiger partial charge in [-0.05, 0) is 39.0 Å². The van der Waals surface area contributed by atoms with Crippen molar-refractivity contribution < 1.29 is 9.21 Å². The molecule has 2 heterocycles. The molecule has 0 unspecified atom stereocenters. The van der Waals surface area contributed by atoms with E-state index >= 15 is 0 Å². The van der Waals surface area contributed by atoms with E-state index in [1.54, 1.807) is 0 Å². The molecular weight excluding hydrogens is 412 g/mol. The van der Waals surface area contributed by atoms with Gasteiger partial charge in [0, 0.05) is 20.1 Å². The molecule has 0 aliphatic heterocycles. The summed E-state index contributed by atoms with van der Waals surface area (Å²) in [6.45, 7) is 5.56. The Morgan fingerprint density at radius 2 is 2.08 bits per heavy atom. The van der Waals surface area contributed by atoms with E-state index in [2.05, 4.69) is 26.5 Å². The van der Waals surface area contributed by atoms with Crippen LogP contribution in [0.5, 0.6) is 0 Å². The molecule has 1 amide bonds. The van der Waals surface area contributed by atoms with Crippen molar-refractivity contribution in [2.45, 2.75) is 20.8 Å². The number of aryl methyl sites for hydroxylation is 2. The van der Waals surface area contributed by atoms with E-state index in [0.717, 1.165) is 31.6 Å². The molecule has 0 bridgehead atoms. The topological polar surface area (TPSA) is 54.6 Å². The van der Waals surface area contributed by atoms with E-state index in [9.17, 15) is 4.79 Å². The van der Waals surface area contributed by atoms with Crippen LogP contribution < -0.4 is 5.43 Å². The van der Waals surface area contributed by atoms with Crippen molar-refractivity contribution in [1.29, 1.82) is 0 Å². The number of benzene rings is 1. The normalized spacial score (nSPS) is 12.0. The van der Waals surface area contributed by atoms with E-state index < -0.39 is 0 Å². The number of halogens is 2. The minimum absolute atomic E-state index is 0.324. The van der Waals surface area contributed by atoms with Crippen molar-refractivity contribution in [3.63, 3.8) is 0 Å². The van der Waals surface area contributed by atoms with Crippen LogP contribution in [0.1, 0.15) is 33.7 Å². The molecule has 0 spiro atoms. The van der Waals surface area contributed by atoms with Gasteiger partial charge in [-0.3, -0.25) is 4.79 Å². The maximum atomic E-state index is 12.4. The number of carbonyl (C=O) groups excluding carboxylic acids is 1. The molecule has 3 aromatic rings. The van der Waals surface area contributed by atoms with E-state index in [-0.39, 0.29) is 5.91 Å². The fourth-order valence-electron chi connectivity index (χ4n) is 2.42. The molecule has 7 heteroatoms. The van der Waals surface area contributed by atoms with E-state index in [1.807, 2.05) is 45.0 Å². The number of nitrogens with one attached hydrogen (secondary N) is 1. The molecule has 4 nitrogen and oxygen atoms in total. The molecule has 0 fully saturated rings. The van der Waals surface area contributed by atoms with Gasteiger partial charge in [-0.25, -0.2) is 5.43 Å². The van der Waals surface area contributed by atoms with Crippen LogP contribution in [-0.2, 0) is 0 Å². The van der Waals surface area contributed by atoms with Crippen LogP contribution in [0.3, 0.4) is 0 Å². The Bertz CT molecular complexity index is 975. The summed E-state index contributed by atoms with van der Waals surface area (Å²) in [6.07, 6.45) is 0. The summed E-state index contributed by atoms with van der Waals surface area (Å²) < 4.78 is 7.37. The first-order chi connectivity index (χ1) is 11.4. The first-order valence-electron chi connectivity index (χ1n) is 7.16. The molecule has 3 rings (SSSR count). The summed E-state index contributed by atoms with van der Waals surface area (Å²) in [6, 6.07) is 7.62. The Balaban J connectivity index is 1.86. The van der Waals surface area contributed by atoms with Crippen molar-refractivity contribution >= 4 is 60.6 Å². The SMILES string of the molecule is C/C(=N\NC(=O)c1sc2cc(Br)ccc2c1Cl)c1cc(C)oc1C. The number of carbonyl (C=O) groups is 1. The second-order valence-corrected chi connectivity index (χ2v) is 7.70. The van der Waals surface area contributed by atoms with E-state index in [0.29, 0.717) is 15.6 Å². The average molecular weight is 426 g/mol. The van der Waals surface area contributed by atoms with Gasteiger partial charge in [0.25, 0.3) is 5.91 Å². The van der Waals surface area contributed by atoms with Gasteiger partial charge in [-0.1, -0.05) is 33.6 Å². The third-order valence-corrected chi connectivity index (χ3v) is 5.70. The van der Waals surface area contributed by atoms with Crippen molar-refractivity contribution in [3.05, 3.63) is 55.7 Å². The van der Waals surface area contributed by atoms with Gasteiger partial charge in [-0.15, -0.1) is 11.3 Å². The summed E-state index contributed by atoms with van der Waals surface area (Å²) in [5.74, 6) is 1.25. The monoisotopic (exact) mass is 424 g/mol. The van der Waals surface area contributed by atoms with Crippen molar-refractivity contribution in [3.8, 4) is 0 Å². The Morgan fingerprint density at radius 1 is 1.33 bits per heavy atom.